The summed E-state index contributed by atoms with van der Waals surface area (Å²) in [5.41, 5.74) is 0. The van der Waals surface area contributed by atoms with Gasteiger partial charge in [0.25, 0.3) is 0 Å². The lowest BCUT2D eigenvalue weighted by atomic mass is 10.0. The van der Waals surface area contributed by atoms with Crippen LogP contribution in [0.3, 0.4) is 0 Å². The van der Waals surface area contributed by atoms with Crippen molar-refractivity contribution < 1.29 is 9.90 Å². The Kier molecular flexibility index (Phi) is 5.05. The maximum Gasteiger partial charge on any atom is 0.224 e. The van der Waals surface area contributed by atoms with E-state index in [-0.39, 0.29) is 30.5 Å². The smallest absolute Gasteiger partial charge is 0.224 e. The van der Waals surface area contributed by atoms with E-state index in [1.165, 1.54) is 0 Å². The van der Waals surface area contributed by atoms with Gasteiger partial charge in [0, 0.05) is 18.7 Å². The summed E-state index contributed by atoms with van der Waals surface area (Å²) in [5.74, 6) is 0.263. The zero-order valence-electron chi connectivity index (χ0n) is 9.62. The Hall–Kier alpha value is -0.610. The molecular weight excluding hydrogens is 192 g/mol. The zero-order chi connectivity index (χ0) is 11.3. The zero-order valence-corrected chi connectivity index (χ0v) is 9.62. The van der Waals surface area contributed by atoms with Crippen molar-refractivity contribution in [3.63, 3.8) is 0 Å². The summed E-state index contributed by atoms with van der Waals surface area (Å²) in [5, 5.41) is 14.9. The van der Waals surface area contributed by atoms with Gasteiger partial charge in [0.05, 0.1) is 5.92 Å². The summed E-state index contributed by atoms with van der Waals surface area (Å²) in [6.07, 6.45) is 2.52. The normalized spacial score (nSPS) is 27.7. The summed E-state index contributed by atoms with van der Waals surface area (Å²) in [6.45, 7) is 5.17. The molecule has 0 aromatic heterocycles. The Labute approximate surface area is 91.4 Å². The van der Waals surface area contributed by atoms with Crippen LogP contribution in [-0.2, 0) is 4.79 Å². The molecule has 4 nitrogen and oxygen atoms in total. The molecule has 1 fully saturated rings. The number of carbonyl (C=O) groups is 1. The van der Waals surface area contributed by atoms with Crippen LogP contribution in [0.1, 0.15) is 33.1 Å². The lowest BCUT2D eigenvalue weighted by molar-refractivity contribution is -0.125. The van der Waals surface area contributed by atoms with E-state index in [1.807, 2.05) is 6.92 Å². The Morgan fingerprint density at radius 1 is 1.67 bits per heavy atom. The molecular formula is C11H22N2O2. The second-order valence-corrected chi connectivity index (χ2v) is 4.41. The van der Waals surface area contributed by atoms with Gasteiger partial charge < -0.3 is 15.7 Å². The highest BCUT2D eigenvalue weighted by Gasteiger charge is 2.29. The molecule has 0 radical (unpaired) electrons. The lowest BCUT2D eigenvalue weighted by Crippen LogP contribution is -2.41. The summed E-state index contributed by atoms with van der Waals surface area (Å²) < 4.78 is 0. The molecule has 3 atom stereocenters. The van der Waals surface area contributed by atoms with Gasteiger partial charge in [0.15, 0.2) is 0 Å². The van der Waals surface area contributed by atoms with Gasteiger partial charge in [-0.25, -0.2) is 0 Å². The van der Waals surface area contributed by atoms with Gasteiger partial charge >= 0.3 is 0 Å². The van der Waals surface area contributed by atoms with Crippen LogP contribution < -0.4 is 10.6 Å². The topological polar surface area (TPSA) is 61.4 Å². The first kappa shape index (κ1) is 12.5. The largest absolute Gasteiger partial charge is 0.396 e. The van der Waals surface area contributed by atoms with Crippen LogP contribution in [0.2, 0.25) is 0 Å². The Balaban J connectivity index is 2.28. The van der Waals surface area contributed by atoms with Gasteiger partial charge in [-0.3, -0.25) is 4.79 Å². The fourth-order valence-electron chi connectivity index (χ4n) is 2.04. The van der Waals surface area contributed by atoms with E-state index >= 15 is 0 Å². The highest BCUT2D eigenvalue weighted by Crippen LogP contribution is 2.15. The van der Waals surface area contributed by atoms with Crippen molar-refractivity contribution in [2.45, 2.75) is 45.2 Å². The molecule has 0 aromatic rings. The number of hydrogen-bond acceptors (Lipinski definition) is 3. The van der Waals surface area contributed by atoms with Crippen molar-refractivity contribution >= 4 is 5.91 Å². The monoisotopic (exact) mass is 214 g/mol. The van der Waals surface area contributed by atoms with Gasteiger partial charge in [0.2, 0.25) is 5.91 Å². The molecule has 4 heteroatoms. The van der Waals surface area contributed by atoms with Crippen LogP contribution in [0, 0.1) is 5.92 Å². The van der Waals surface area contributed by atoms with Crippen LogP contribution in [-0.4, -0.2) is 36.2 Å². The SMILES string of the molecule is CC(CCCO)NC(=O)C1CCNC1C. The number of hydrogen-bond donors (Lipinski definition) is 3. The molecule has 0 bridgehead atoms. The van der Waals surface area contributed by atoms with Gasteiger partial charge in [0.1, 0.15) is 0 Å². The maximum atomic E-state index is 11.8. The second kappa shape index (κ2) is 6.08. The van der Waals surface area contributed by atoms with Crippen molar-refractivity contribution in [1.29, 1.82) is 0 Å². The molecule has 15 heavy (non-hydrogen) atoms. The highest BCUT2D eigenvalue weighted by atomic mass is 16.2. The third-order valence-corrected chi connectivity index (χ3v) is 3.05. The van der Waals surface area contributed by atoms with Crippen molar-refractivity contribution in [2.24, 2.45) is 5.92 Å². The predicted octanol–water partition coefficient (Wildman–Crippen LogP) is 0.262. The minimum atomic E-state index is 0.113. The Morgan fingerprint density at radius 3 is 2.93 bits per heavy atom. The van der Waals surface area contributed by atoms with Crippen molar-refractivity contribution in [3.8, 4) is 0 Å². The summed E-state index contributed by atoms with van der Waals surface area (Å²) in [4.78, 5) is 11.8. The molecule has 3 unspecified atom stereocenters. The quantitative estimate of drug-likeness (QED) is 0.615. The molecule has 1 amide bonds. The summed E-state index contributed by atoms with van der Waals surface area (Å²) >= 11 is 0. The number of nitrogens with one attached hydrogen (secondary N) is 2. The van der Waals surface area contributed by atoms with Crippen molar-refractivity contribution in [3.05, 3.63) is 0 Å². The second-order valence-electron chi connectivity index (χ2n) is 4.41. The van der Waals surface area contributed by atoms with Crippen molar-refractivity contribution in [1.82, 2.24) is 10.6 Å². The van der Waals surface area contributed by atoms with Gasteiger partial charge in [-0.15, -0.1) is 0 Å². The fraction of sp³-hybridized carbons (Fsp3) is 0.909. The van der Waals surface area contributed by atoms with Crippen LogP contribution in [0.15, 0.2) is 0 Å². The molecule has 88 valence electrons. The molecule has 1 heterocycles. The Bertz CT molecular complexity index is 209. The number of rotatable bonds is 5. The van der Waals surface area contributed by atoms with E-state index in [0.717, 1.165) is 25.8 Å². The number of aliphatic hydroxyl groups is 1. The first-order chi connectivity index (χ1) is 7.15. The van der Waals surface area contributed by atoms with Crippen LogP contribution in [0.4, 0.5) is 0 Å². The van der Waals surface area contributed by atoms with E-state index in [2.05, 4.69) is 17.6 Å². The molecule has 1 aliphatic heterocycles. The molecule has 1 rings (SSSR count). The third-order valence-electron chi connectivity index (χ3n) is 3.05. The minimum absolute atomic E-state index is 0.113. The minimum Gasteiger partial charge on any atom is -0.396 e. The lowest BCUT2D eigenvalue weighted by Gasteiger charge is -2.19. The van der Waals surface area contributed by atoms with E-state index in [4.69, 9.17) is 5.11 Å². The van der Waals surface area contributed by atoms with Crippen molar-refractivity contribution in [2.75, 3.05) is 13.2 Å². The Morgan fingerprint density at radius 2 is 2.40 bits per heavy atom. The first-order valence-electron chi connectivity index (χ1n) is 5.79. The van der Waals surface area contributed by atoms with Gasteiger partial charge in [-0.05, 0) is 39.7 Å². The average molecular weight is 214 g/mol. The number of aliphatic hydroxyl groups excluding tert-OH is 1. The van der Waals surface area contributed by atoms with Crippen LogP contribution in [0.5, 0.6) is 0 Å². The average Bonchev–Trinajstić information content (AvgIpc) is 2.61. The maximum absolute atomic E-state index is 11.8. The number of carbonyl (C=O) groups excluding carboxylic acids is 1. The molecule has 1 saturated heterocycles. The molecule has 1 aliphatic rings. The molecule has 3 N–H and O–H groups in total. The highest BCUT2D eigenvalue weighted by molar-refractivity contribution is 5.79. The summed E-state index contributed by atoms with van der Waals surface area (Å²) in [6, 6.07) is 0.451. The molecule has 0 aliphatic carbocycles. The van der Waals surface area contributed by atoms with E-state index < -0.39 is 0 Å². The van der Waals surface area contributed by atoms with Crippen LogP contribution >= 0.6 is 0 Å². The molecule has 0 spiro atoms. The van der Waals surface area contributed by atoms with E-state index in [1.54, 1.807) is 0 Å². The third kappa shape index (κ3) is 3.80. The first-order valence-corrected chi connectivity index (χ1v) is 5.79. The van der Waals surface area contributed by atoms with E-state index in [0.29, 0.717) is 0 Å². The number of amides is 1. The summed E-state index contributed by atoms with van der Waals surface area (Å²) in [7, 11) is 0. The van der Waals surface area contributed by atoms with E-state index in [9.17, 15) is 4.79 Å². The van der Waals surface area contributed by atoms with Gasteiger partial charge in [-0.1, -0.05) is 0 Å². The standard InChI is InChI=1S/C11H22N2O2/c1-8(4-3-7-14)13-11(15)10-5-6-12-9(10)2/h8-10,12,14H,3-7H2,1-2H3,(H,13,15). The molecule has 0 saturated carbocycles. The fourth-order valence-corrected chi connectivity index (χ4v) is 2.04. The predicted molar refractivity (Wildman–Crippen MR) is 59.5 cm³/mol. The van der Waals surface area contributed by atoms with Gasteiger partial charge in [-0.2, -0.15) is 0 Å². The molecule has 0 aromatic carbocycles. The van der Waals surface area contributed by atoms with Crippen LogP contribution in [0.25, 0.3) is 0 Å².